The Labute approximate surface area is 108 Å². The predicted octanol–water partition coefficient (Wildman–Crippen LogP) is 3.75. The highest BCUT2D eigenvalue weighted by atomic mass is 16.5. The number of rotatable bonds is 4. The number of methoxy groups -OCH3 is 1. The fraction of sp³-hybridized carbons (Fsp3) is 0.250. The molecule has 2 aromatic carbocycles. The summed E-state index contributed by atoms with van der Waals surface area (Å²) in [5, 5.41) is 9.25. The summed E-state index contributed by atoms with van der Waals surface area (Å²) in [6, 6.07) is 15.6. The van der Waals surface area contributed by atoms with Crippen molar-refractivity contribution in [3.05, 3.63) is 59.7 Å². The number of hydrogen-bond donors (Lipinski definition) is 1. The maximum atomic E-state index is 9.25. The zero-order valence-electron chi connectivity index (χ0n) is 10.8. The van der Waals surface area contributed by atoms with Crippen LogP contribution in [-0.2, 0) is 6.42 Å². The highest BCUT2D eigenvalue weighted by Crippen LogP contribution is 2.23. The van der Waals surface area contributed by atoms with E-state index in [0.29, 0.717) is 11.7 Å². The lowest BCUT2D eigenvalue weighted by atomic mass is 9.94. The van der Waals surface area contributed by atoms with E-state index in [4.69, 9.17) is 4.74 Å². The van der Waals surface area contributed by atoms with Crippen LogP contribution in [0.25, 0.3) is 0 Å². The molecule has 1 unspecified atom stereocenters. The van der Waals surface area contributed by atoms with Crippen molar-refractivity contribution >= 4 is 0 Å². The first-order chi connectivity index (χ1) is 8.69. The van der Waals surface area contributed by atoms with E-state index in [0.717, 1.165) is 12.2 Å². The van der Waals surface area contributed by atoms with Crippen molar-refractivity contribution in [2.45, 2.75) is 19.3 Å². The van der Waals surface area contributed by atoms with E-state index in [1.165, 1.54) is 11.1 Å². The summed E-state index contributed by atoms with van der Waals surface area (Å²) in [6.45, 7) is 2.20. The Morgan fingerprint density at radius 2 is 1.61 bits per heavy atom. The molecule has 0 bridgehead atoms. The molecule has 0 radical (unpaired) electrons. The van der Waals surface area contributed by atoms with Gasteiger partial charge in [-0.1, -0.05) is 31.2 Å². The standard InChI is InChI=1S/C16H18O2/c1-12(11-13-3-7-15(17)8-4-13)14-5-9-16(18-2)10-6-14/h3-10,12,17H,11H2,1-2H3. The Kier molecular flexibility index (Phi) is 3.88. The third-order valence-corrected chi connectivity index (χ3v) is 3.16. The van der Waals surface area contributed by atoms with Crippen LogP contribution >= 0.6 is 0 Å². The summed E-state index contributed by atoms with van der Waals surface area (Å²) >= 11 is 0. The van der Waals surface area contributed by atoms with Crippen molar-refractivity contribution < 1.29 is 9.84 Å². The van der Waals surface area contributed by atoms with Gasteiger partial charge >= 0.3 is 0 Å². The molecule has 0 saturated heterocycles. The van der Waals surface area contributed by atoms with Crippen LogP contribution in [0.2, 0.25) is 0 Å². The Morgan fingerprint density at radius 1 is 1.00 bits per heavy atom. The first kappa shape index (κ1) is 12.5. The van der Waals surface area contributed by atoms with Gasteiger partial charge in [0.25, 0.3) is 0 Å². The first-order valence-electron chi connectivity index (χ1n) is 6.11. The van der Waals surface area contributed by atoms with Crippen molar-refractivity contribution in [3.63, 3.8) is 0 Å². The minimum atomic E-state index is 0.316. The molecule has 0 heterocycles. The Hall–Kier alpha value is -1.96. The second-order valence-electron chi connectivity index (χ2n) is 4.54. The minimum Gasteiger partial charge on any atom is -0.508 e. The molecular weight excluding hydrogens is 224 g/mol. The molecule has 2 heteroatoms. The first-order valence-corrected chi connectivity index (χ1v) is 6.11. The molecule has 0 aliphatic rings. The smallest absolute Gasteiger partial charge is 0.118 e. The van der Waals surface area contributed by atoms with Gasteiger partial charge in [0.2, 0.25) is 0 Å². The lowest BCUT2D eigenvalue weighted by molar-refractivity contribution is 0.414. The molecule has 1 N–H and O–H groups in total. The highest BCUT2D eigenvalue weighted by molar-refractivity contribution is 5.31. The van der Waals surface area contributed by atoms with Crippen molar-refractivity contribution in [2.75, 3.05) is 7.11 Å². The normalized spacial score (nSPS) is 12.1. The van der Waals surface area contributed by atoms with Crippen LogP contribution in [0.15, 0.2) is 48.5 Å². The van der Waals surface area contributed by atoms with Gasteiger partial charge in [0.05, 0.1) is 7.11 Å². The van der Waals surface area contributed by atoms with Crippen molar-refractivity contribution in [1.82, 2.24) is 0 Å². The zero-order valence-corrected chi connectivity index (χ0v) is 10.8. The van der Waals surface area contributed by atoms with Crippen molar-refractivity contribution in [2.24, 2.45) is 0 Å². The fourth-order valence-corrected chi connectivity index (χ4v) is 2.04. The van der Waals surface area contributed by atoms with E-state index in [1.807, 2.05) is 24.3 Å². The van der Waals surface area contributed by atoms with Gasteiger partial charge in [-0.05, 0) is 47.7 Å². The van der Waals surface area contributed by atoms with Crippen molar-refractivity contribution in [3.8, 4) is 11.5 Å². The molecule has 2 nitrogen and oxygen atoms in total. The van der Waals surface area contributed by atoms with Gasteiger partial charge in [0, 0.05) is 0 Å². The molecule has 0 saturated carbocycles. The van der Waals surface area contributed by atoms with Crippen LogP contribution in [0.3, 0.4) is 0 Å². The zero-order chi connectivity index (χ0) is 13.0. The van der Waals surface area contributed by atoms with Gasteiger partial charge in [-0.3, -0.25) is 0 Å². The van der Waals surface area contributed by atoms with Crippen LogP contribution in [0.4, 0.5) is 0 Å². The molecule has 0 spiro atoms. The molecule has 0 amide bonds. The average molecular weight is 242 g/mol. The number of phenols is 1. The molecule has 2 aromatic rings. The van der Waals surface area contributed by atoms with Gasteiger partial charge in [0.1, 0.15) is 11.5 Å². The summed E-state index contributed by atoms with van der Waals surface area (Å²) in [4.78, 5) is 0. The second kappa shape index (κ2) is 5.58. The maximum Gasteiger partial charge on any atom is 0.118 e. The van der Waals surface area contributed by atoms with Gasteiger partial charge in [-0.15, -0.1) is 0 Å². The molecule has 0 aliphatic heterocycles. The fourth-order valence-electron chi connectivity index (χ4n) is 2.04. The summed E-state index contributed by atoms with van der Waals surface area (Å²) in [5.74, 6) is 1.65. The number of ether oxygens (including phenoxy) is 1. The lowest BCUT2D eigenvalue weighted by Crippen LogP contribution is -1.98. The summed E-state index contributed by atoms with van der Waals surface area (Å²) < 4.78 is 5.15. The Bertz CT molecular complexity index is 486. The third kappa shape index (κ3) is 3.04. The quantitative estimate of drug-likeness (QED) is 0.884. The topological polar surface area (TPSA) is 29.5 Å². The average Bonchev–Trinajstić information content (AvgIpc) is 2.41. The lowest BCUT2D eigenvalue weighted by Gasteiger charge is -2.12. The van der Waals surface area contributed by atoms with Crippen LogP contribution in [-0.4, -0.2) is 12.2 Å². The maximum absolute atomic E-state index is 9.25. The largest absolute Gasteiger partial charge is 0.508 e. The van der Waals surface area contributed by atoms with Crippen LogP contribution in [0.1, 0.15) is 24.0 Å². The van der Waals surface area contributed by atoms with Crippen LogP contribution in [0.5, 0.6) is 11.5 Å². The van der Waals surface area contributed by atoms with Crippen molar-refractivity contribution in [1.29, 1.82) is 0 Å². The molecular formula is C16H18O2. The minimum absolute atomic E-state index is 0.316. The Balaban J connectivity index is 2.06. The monoisotopic (exact) mass is 242 g/mol. The Morgan fingerprint density at radius 3 is 2.17 bits per heavy atom. The summed E-state index contributed by atoms with van der Waals surface area (Å²) in [7, 11) is 1.68. The molecule has 1 atom stereocenters. The molecule has 0 fully saturated rings. The number of phenolic OH excluding ortho intramolecular Hbond substituents is 1. The summed E-state index contributed by atoms with van der Waals surface area (Å²) in [5.41, 5.74) is 2.53. The van der Waals surface area contributed by atoms with Gasteiger partial charge < -0.3 is 9.84 Å². The predicted molar refractivity (Wildman–Crippen MR) is 73.2 cm³/mol. The molecule has 0 aliphatic carbocycles. The van der Waals surface area contributed by atoms with Crippen LogP contribution < -0.4 is 4.74 Å². The summed E-state index contributed by atoms with van der Waals surface area (Å²) in [6.07, 6.45) is 0.965. The van der Waals surface area contributed by atoms with E-state index >= 15 is 0 Å². The molecule has 18 heavy (non-hydrogen) atoms. The SMILES string of the molecule is COc1ccc(C(C)Cc2ccc(O)cc2)cc1. The number of benzene rings is 2. The molecule has 2 rings (SSSR count). The van der Waals surface area contributed by atoms with E-state index in [2.05, 4.69) is 19.1 Å². The van der Waals surface area contributed by atoms with Crippen LogP contribution in [0, 0.1) is 0 Å². The van der Waals surface area contributed by atoms with E-state index < -0.39 is 0 Å². The van der Waals surface area contributed by atoms with E-state index in [1.54, 1.807) is 19.2 Å². The molecule has 94 valence electrons. The highest BCUT2D eigenvalue weighted by Gasteiger charge is 2.07. The number of aromatic hydroxyl groups is 1. The van der Waals surface area contributed by atoms with Gasteiger partial charge in [0.15, 0.2) is 0 Å². The number of hydrogen-bond acceptors (Lipinski definition) is 2. The second-order valence-corrected chi connectivity index (χ2v) is 4.54. The third-order valence-electron chi connectivity index (χ3n) is 3.16. The van der Waals surface area contributed by atoms with E-state index in [-0.39, 0.29) is 0 Å². The van der Waals surface area contributed by atoms with Gasteiger partial charge in [-0.2, -0.15) is 0 Å². The molecule has 0 aromatic heterocycles. The van der Waals surface area contributed by atoms with E-state index in [9.17, 15) is 5.11 Å². The van der Waals surface area contributed by atoms with Gasteiger partial charge in [-0.25, -0.2) is 0 Å².